The van der Waals surface area contributed by atoms with Crippen molar-refractivity contribution in [2.45, 2.75) is 95.4 Å². The largest absolute Gasteiger partial charge is 0.390 e. The number of hydrogen-bond acceptors (Lipinski definition) is 6. The summed E-state index contributed by atoms with van der Waals surface area (Å²) in [6.07, 6.45) is 15.3. The standard InChI is InChI=1S/C36H54N4O5/c1-7-9-20-31(41)34(43)30(24-28-18-14-11-15-19-28)37-36(45)33(26(3)8-2)38-35(44)29(23-27-16-12-10-13-17-27)25-32(42)40(6)22-21-39(4)5/h1-2,10,12-13,16-17,26,28-31,33-34,41,43H,9,11,14-15,18-25H2,3-6H3,(H,37,45)(H,38,44). The molecule has 0 heterocycles. The third-order valence-corrected chi connectivity index (χ3v) is 8.80. The van der Waals surface area contributed by atoms with Crippen LogP contribution in [0.3, 0.4) is 0 Å². The van der Waals surface area contributed by atoms with Crippen molar-refractivity contribution in [2.24, 2.45) is 17.8 Å². The SMILES string of the molecule is C#CCCC(O)C(O)C(CC1CCCCC1)NC(=O)C(NC(=O)C(CC(=O)N(C)CCN(C)C)Cc1ccccc1)C(C)C#C. The van der Waals surface area contributed by atoms with Crippen LogP contribution in [0.5, 0.6) is 0 Å². The van der Waals surface area contributed by atoms with E-state index in [9.17, 15) is 24.6 Å². The van der Waals surface area contributed by atoms with Gasteiger partial charge in [0.25, 0.3) is 0 Å². The van der Waals surface area contributed by atoms with E-state index in [1.54, 1.807) is 18.9 Å². The van der Waals surface area contributed by atoms with Crippen molar-refractivity contribution in [2.75, 3.05) is 34.2 Å². The molecule has 45 heavy (non-hydrogen) atoms. The lowest BCUT2D eigenvalue weighted by Gasteiger charge is -2.34. The normalized spacial score (nSPS) is 17.5. The molecule has 0 aromatic heterocycles. The molecule has 0 bridgehead atoms. The molecule has 0 saturated heterocycles. The molecule has 1 aromatic carbocycles. The topological polar surface area (TPSA) is 122 Å². The van der Waals surface area contributed by atoms with E-state index in [1.165, 1.54) is 0 Å². The highest BCUT2D eigenvalue weighted by atomic mass is 16.3. The van der Waals surface area contributed by atoms with Gasteiger partial charge in [-0.05, 0) is 51.8 Å². The summed E-state index contributed by atoms with van der Waals surface area (Å²) in [6.45, 7) is 2.87. The minimum atomic E-state index is -1.23. The van der Waals surface area contributed by atoms with E-state index in [1.807, 2.05) is 49.3 Å². The number of nitrogens with zero attached hydrogens (tertiary/aromatic N) is 2. The summed E-state index contributed by atoms with van der Waals surface area (Å²) >= 11 is 0. The fourth-order valence-electron chi connectivity index (χ4n) is 5.79. The highest BCUT2D eigenvalue weighted by Crippen LogP contribution is 2.29. The van der Waals surface area contributed by atoms with Crippen LogP contribution in [0.4, 0.5) is 0 Å². The molecule has 0 spiro atoms. The molecule has 1 fully saturated rings. The van der Waals surface area contributed by atoms with E-state index in [-0.39, 0.29) is 18.7 Å². The Morgan fingerprint density at radius 2 is 1.64 bits per heavy atom. The number of carbonyl (C=O) groups is 3. The monoisotopic (exact) mass is 622 g/mol. The second-order valence-corrected chi connectivity index (χ2v) is 12.8. The van der Waals surface area contributed by atoms with E-state index in [2.05, 4.69) is 22.5 Å². The Morgan fingerprint density at radius 3 is 2.24 bits per heavy atom. The average molecular weight is 623 g/mol. The smallest absolute Gasteiger partial charge is 0.244 e. The Hall–Kier alpha value is -3.37. The fraction of sp³-hybridized carbons (Fsp3) is 0.639. The number of carbonyl (C=O) groups excluding carboxylic acids is 3. The lowest BCUT2D eigenvalue weighted by Crippen LogP contribution is -2.57. The predicted octanol–water partition coefficient (Wildman–Crippen LogP) is 2.60. The van der Waals surface area contributed by atoms with Crippen LogP contribution in [0, 0.1) is 42.4 Å². The minimum Gasteiger partial charge on any atom is -0.390 e. The van der Waals surface area contributed by atoms with Gasteiger partial charge in [-0.1, -0.05) is 62.4 Å². The summed E-state index contributed by atoms with van der Waals surface area (Å²) in [4.78, 5) is 44.4. The second-order valence-electron chi connectivity index (χ2n) is 12.8. The van der Waals surface area contributed by atoms with Crippen molar-refractivity contribution in [3.8, 4) is 24.7 Å². The summed E-state index contributed by atoms with van der Waals surface area (Å²) in [5.41, 5.74) is 0.893. The van der Waals surface area contributed by atoms with Crippen LogP contribution in [-0.4, -0.2) is 96.3 Å². The van der Waals surface area contributed by atoms with E-state index in [4.69, 9.17) is 12.8 Å². The molecule has 248 valence electrons. The van der Waals surface area contributed by atoms with Gasteiger partial charge in [-0.3, -0.25) is 14.4 Å². The first kappa shape index (κ1) is 37.8. The molecule has 4 N–H and O–H groups in total. The maximum absolute atomic E-state index is 13.8. The molecule has 1 aromatic rings. The molecule has 9 nitrogen and oxygen atoms in total. The van der Waals surface area contributed by atoms with Crippen molar-refractivity contribution in [3.05, 3.63) is 35.9 Å². The maximum atomic E-state index is 13.8. The number of terminal acetylenes is 2. The first-order valence-electron chi connectivity index (χ1n) is 16.3. The first-order valence-corrected chi connectivity index (χ1v) is 16.3. The Kier molecular flexibility index (Phi) is 16.7. The van der Waals surface area contributed by atoms with Gasteiger partial charge in [0.05, 0.1) is 18.1 Å². The van der Waals surface area contributed by atoms with Crippen LogP contribution in [-0.2, 0) is 20.8 Å². The van der Waals surface area contributed by atoms with Gasteiger partial charge in [0.1, 0.15) is 12.1 Å². The Morgan fingerprint density at radius 1 is 0.978 bits per heavy atom. The van der Waals surface area contributed by atoms with Crippen LogP contribution < -0.4 is 10.6 Å². The zero-order chi connectivity index (χ0) is 33.4. The number of likely N-dealkylation sites (N-methyl/N-ethyl adjacent to an activating group) is 2. The molecule has 6 atom stereocenters. The van der Waals surface area contributed by atoms with Crippen molar-refractivity contribution >= 4 is 17.7 Å². The molecule has 0 aliphatic heterocycles. The van der Waals surface area contributed by atoms with Gasteiger partial charge in [0.15, 0.2) is 0 Å². The quantitative estimate of drug-likeness (QED) is 0.187. The maximum Gasteiger partial charge on any atom is 0.244 e. The molecular weight excluding hydrogens is 568 g/mol. The number of aliphatic hydroxyl groups is 2. The van der Waals surface area contributed by atoms with Gasteiger partial charge in [-0.2, -0.15) is 0 Å². The number of aliphatic hydroxyl groups excluding tert-OH is 2. The van der Waals surface area contributed by atoms with Crippen LogP contribution in [0.1, 0.15) is 70.3 Å². The lowest BCUT2D eigenvalue weighted by atomic mass is 9.82. The van der Waals surface area contributed by atoms with Crippen LogP contribution in [0.2, 0.25) is 0 Å². The highest BCUT2D eigenvalue weighted by Gasteiger charge is 2.35. The zero-order valence-corrected chi connectivity index (χ0v) is 27.6. The molecule has 6 unspecified atom stereocenters. The number of nitrogens with one attached hydrogen (secondary N) is 2. The van der Waals surface area contributed by atoms with Gasteiger partial charge in [0, 0.05) is 38.9 Å². The Bertz CT molecular complexity index is 1140. The molecule has 1 saturated carbocycles. The van der Waals surface area contributed by atoms with Gasteiger partial charge < -0.3 is 30.6 Å². The van der Waals surface area contributed by atoms with Crippen molar-refractivity contribution in [3.63, 3.8) is 0 Å². The fourth-order valence-corrected chi connectivity index (χ4v) is 5.79. The Balaban J connectivity index is 2.27. The van der Waals surface area contributed by atoms with Crippen molar-refractivity contribution in [1.29, 1.82) is 0 Å². The predicted molar refractivity (Wildman–Crippen MR) is 178 cm³/mol. The van der Waals surface area contributed by atoms with Gasteiger partial charge in [-0.25, -0.2) is 0 Å². The van der Waals surface area contributed by atoms with Crippen LogP contribution >= 0.6 is 0 Å². The summed E-state index contributed by atoms with van der Waals surface area (Å²) in [5.74, 6) is 2.77. The number of hydrogen-bond donors (Lipinski definition) is 4. The van der Waals surface area contributed by atoms with E-state index >= 15 is 0 Å². The van der Waals surface area contributed by atoms with Crippen LogP contribution in [0.15, 0.2) is 30.3 Å². The summed E-state index contributed by atoms with van der Waals surface area (Å²) in [6, 6.07) is 7.59. The van der Waals surface area contributed by atoms with Gasteiger partial charge >= 0.3 is 0 Å². The van der Waals surface area contributed by atoms with E-state index < -0.39 is 47.9 Å². The molecule has 3 amide bonds. The zero-order valence-electron chi connectivity index (χ0n) is 27.6. The molecule has 0 radical (unpaired) electrons. The molecule has 1 aliphatic rings. The van der Waals surface area contributed by atoms with Gasteiger partial charge in [0.2, 0.25) is 17.7 Å². The van der Waals surface area contributed by atoms with Gasteiger partial charge in [-0.15, -0.1) is 24.7 Å². The third-order valence-electron chi connectivity index (χ3n) is 8.80. The Labute approximate surface area is 270 Å². The van der Waals surface area contributed by atoms with E-state index in [0.717, 1.165) is 37.7 Å². The third kappa shape index (κ3) is 13.3. The highest BCUT2D eigenvalue weighted by molar-refractivity contribution is 5.91. The van der Waals surface area contributed by atoms with Crippen molar-refractivity contribution < 1.29 is 24.6 Å². The number of rotatable bonds is 18. The molecule has 2 rings (SSSR count). The molecule has 1 aliphatic carbocycles. The number of amides is 3. The first-order chi connectivity index (χ1) is 21.5. The molecular formula is C36H54N4O5. The number of benzene rings is 1. The minimum absolute atomic E-state index is 0.0339. The van der Waals surface area contributed by atoms with Crippen LogP contribution in [0.25, 0.3) is 0 Å². The van der Waals surface area contributed by atoms with E-state index in [0.29, 0.717) is 38.3 Å². The van der Waals surface area contributed by atoms with Crippen molar-refractivity contribution in [1.82, 2.24) is 20.4 Å². The second kappa shape index (κ2) is 19.9. The lowest BCUT2D eigenvalue weighted by molar-refractivity contribution is -0.137. The molecule has 9 heteroatoms. The summed E-state index contributed by atoms with van der Waals surface area (Å²) < 4.78 is 0. The summed E-state index contributed by atoms with van der Waals surface area (Å²) in [7, 11) is 5.58. The summed E-state index contributed by atoms with van der Waals surface area (Å²) in [5, 5.41) is 27.6. The average Bonchev–Trinajstić information content (AvgIpc) is 3.04.